The van der Waals surface area contributed by atoms with Gasteiger partial charge < -0.3 is 15.2 Å². The van der Waals surface area contributed by atoms with Gasteiger partial charge in [-0.3, -0.25) is 0 Å². The highest BCUT2D eigenvalue weighted by atomic mass is 19.1. The third kappa shape index (κ3) is 3.57. The predicted molar refractivity (Wildman–Crippen MR) is 79.2 cm³/mol. The van der Waals surface area contributed by atoms with Crippen LogP contribution in [0.4, 0.5) is 10.1 Å². The summed E-state index contributed by atoms with van der Waals surface area (Å²) in [5.74, 6) is 0.782. The van der Waals surface area contributed by atoms with Gasteiger partial charge in [0.25, 0.3) is 0 Å². The SMILES string of the molecule is Cc1nccn1CCN(CCCN)c1ccccc1F. The van der Waals surface area contributed by atoms with Crippen LogP contribution in [-0.4, -0.2) is 29.2 Å². The first kappa shape index (κ1) is 14.5. The average molecular weight is 276 g/mol. The van der Waals surface area contributed by atoms with Crippen LogP contribution < -0.4 is 10.6 Å². The van der Waals surface area contributed by atoms with Gasteiger partial charge >= 0.3 is 0 Å². The molecule has 0 aliphatic heterocycles. The summed E-state index contributed by atoms with van der Waals surface area (Å²) in [6.45, 7) is 4.84. The first-order valence-corrected chi connectivity index (χ1v) is 6.89. The maximum Gasteiger partial charge on any atom is 0.146 e. The second kappa shape index (κ2) is 7.05. The Balaban J connectivity index is 2.08. The molecule has 0 saturated carbocycles. The number of anilines is 1. The van der Waals surface area contributed by atoms with Crippen LogP contribution in [0.3, 0.4) is 0 Å². The van der Waals surface area contributed by atoms with E-state index in [0.29, 0.717) is 12.2 Å². The summed E-state index contributed by atoms with van der Waals surface area (Å²) in [5.41, 5.74) is 6.21. The Morgan fingerprint density at radius 1 is 1.30 bits per heavy atom. The normalized spacial score (nSPS) is 10.8. The molecule has 2 rings (SSSR count). The second-order valence-corrected chi connectivity index (χ2v) is 4.75. The van der Waals surface area contributed by atoms with Gasteiger partial charge in [-0.25, -0.2) is 9.37 Å². The number of nitrogens with two attached hydrogens (primary N) is 1. The molecule has 0 spiro atoms. The van der Waals surface area contributed by atoms with E-state index in [1.54, 1.807) is 12.3 Å². The molecule has 1 heterocycles. The molecule has 0 fully saturated rings. The highest BCUT2D eigenvalue weighted by molar-refractivity contribution is 5.47. The lowest BCUT2D eigenvalue weighted by Gasteiger charge is -2.25. The Bertz CT molecular complexity index is 538. The number of nitrogens with zero attached hydrogens (tertiary/aromatic N) is 3. The van der Waals surface area contributed by atoms with E-state index in [0.717, 1.165) is 31.9 Å². The van der Waals surface area contributed by atoms with Crippen molar-refractivity contribution in [2.75, 3.05) is 24.5 Å². The van der Waals surface area contributed by atoms with Gasteiger partial charge in [0.1, 0.15) is 11.6 Å². The summed E-state index contributed by atoms with van der Waals surface area (Å²) >= 11 is 0. The van der Waals surface area contributed by atoms with Gasteiger partial charge in [0.15, 0.2) is 0 Å². The quantitative estimate of drug-likeness (QED) is 0.843. The Labute approximate surface area is 119 Å². The Hall–Kier alpha value is -1.88. The summed E-state index contributed by atoms with van der Waals surface area (Å²) in [7, 11) is 0. The number of benzene rings is 1. The number of rotatable bonds is 7. The molecule has 1 aromatic heterocycles. The molecule has 2 N–H and O–H groups in total. The molecule has 0 unspecified atom stereocenters. The monoisotopic (exact) mass is 276 g/mol. The molecular weight excluding hydrogens is 255 g/mol. The zero-order chi connectivity index (χ0) is 14.4. The number of aryl methyl sites for hydroxylation is 1. The van der Waals surface area contributed by atoms with Crippen LogP contribution in [0.2, 0.25) is 0 Å². The molecule has 5 heteroatoms. The number of aromatic nitrogens is 2. The van der Waals surface area contributed by atoms with Crippen LogP contribution in [-0.2, 0) is 6.54 Å². The smallest absolute Gasteiger partial charge is 0.146 e. The van der Waals surface area contributed by atoms with Crippen molar-refractivity contribution in [3.8, 4) is 0 Å². The number of hydrogen-bond acceptors (Lipinski definition) is 3. The van der Waals surface area contributed by atoms with E-state index < -0.39 is 0 Å². The van der Waals surface area contributed by atoms with Gasteiger partial charge in [0, 0.05) is 32.0 Å². The van der Waals surface area contributed by atoms with Crippen LogP contribution in [0.15, 0.2) is 36.7 Å². The van der Waals surface area contributed by atoms with Crippen LogP contribution in [0.5, 0.6) is 0 Å². The summed E-state index contributed by atoms with van der Waals surface area (Å²) in [5, 5.41) is 0. The van der Waals surface area contributed by atoms with Crippen LogP contribution in [0.1, 0.15) is 12.2 Å². The lowest BCUT2D eigenvalue weighted by molar-refractivity contribution is 0.592. The van der Waals surface area contributed by atoms with Gasteiger partial charge in [-0.05, 0) is 32.0 Å². The average Bonchev–Trinajstić information content (AvgIpc) is 2.86. The Morgan fingerprint density at radius 2 is 2.10 bits per heavy atom. The Kier molecular flexibility index (Phi) is 5.12. The fourth-order valence-electron chi connectivity index (χ4n) is 2.21. The summed E-state index contributed by atoms with van der Waals surface area (Å²) < 4.78 is 16.0. The fraction of sp³-hybridized carbons (Fsp3) is 0.400. The molecule has 0 saturated heterocycles. The zero-order valence-corrected chi connectivity index (χ0v) is 11.8. The molecule has 0 aliphatic rings. The maximum absolute atomic E-state index is 13.9. The number of hydrogen-bond donors (Lipinski definition) is 1. The molecule has 0 atom stereocenters. The van der Waals surface area contributed by atoms with Crippen molar-refractivity contribution in [2.24, 2.45) is 5.73 Å². The number of para-hydroxylation sites is 1. The van der Waals surface area contributed by atoms with Crippen molar-refractivity contribution in [3.63, 3.8) is 0 Å². The lowest BCUT2D eigenvalue weighted by Crippen LogP contribution is -2.30. The largest absolute Gasteiger partial charge is 0.367 e. The first-order chi connectivity index (χ1) is 9.72. The highest BCUT2D eigenvalue weighted by Gasteiger charge is 2.11. The molecule has 1 aromatic carbocycles. The van der Waals surface area contributed by atoms with Crippen LogP contribution in [0.25, 0.3) is 0 Å². The highest BCUT2D eigenvalue weighted by Crippen LogP contribution is 2.18. The molecular formula is C15H21FN4. The van der Waals surface area contributed by atoms with E-state index in [-0.39, 0.29) is 5.82 Å². The van der Waals surface area contributed by atoms with Gasteiger partial charge in [-0.1, -0.05) is 12.1 Å². The summed E-state index contributed by atoms with van der Waals surface area (Å²) in [4.78, 5) is 6.24. The third-order valence-corrected chi connectivity index (χ3v) is 3.36. The molecule has 4 nitrogen and oxygen atoms in total. The molecule has 0 bridgehead atoms. The van der Waals surface area contributed by atoms with E-state index >= 15 is 0 Å². The first-order valence-electron chi connectivity index (χ1n) is 6.89. The van der Waals surface area contributed by atoms with E-state index in [1.165, 1.54) is 6.07 Å². The number of halogens is 1. The fourth-order valence-corrected chi connectivity index (χ4v) is 2.21. The molecule has 20 heavy (non-hydrogen) atoms. The minimum atomic E-state index is -0.188. The van der Waals surface area contributed by atoms with Crippen molar-refractivity contribution < 1.29 is 4.39 Å². The lowest BCUT2D eigenvalue weighted by atomic mass is 10.2. The molecule has 0 aliphatic carbocycles. The Morgan fingerprint density at radius 3 is 2.75 bits per heavy atom. The summed E-state index contributed by atoms with van der Waals surface area (Å²) in [6, 6.07) is 6.87. The van der Waals surface area contributed by atoms with E-state index in [9.17, 15) is 4.39 Å². The standard InChI is InChI=1S/C15H21FN4/c1-13-18-8-10-19(13)11-12-20(9-4-7-17)15-6-3-2-5-14(15)16/h2-3,5-6,8,10H,4,7,9,11-12,17H2,1H3. The minimum Gasteiger partial charge on any atom is -0.367 e. The molecule has 2 aromatic rings. The molecule has 0 radical (unpaired) electrons. The van der Waals surface area contributed by atoms with Crippen molar-refractivity contribution in [1.82, 2.24) is 9.55 Å². The predicted octanol–water partition coefficient (Wildman–Crippen LogP) is 2.19. The minimum absolute atomic E-state index is 0.188. The zero-order valence-electron chi connectivity index (χ0n) is 11.8. The van der Waals surface area contributed by atoms with Crippen molar-refractivity contribution in [1.29, 1.82) is 0 Å². The third-order valence-electron chi connectivity index (χ3n) is 3.36. The van der Waals surface area contributed by atoms with Crippen molar-refractivity contribution in [2.45, 2.75) is 19.9 Å². The molecule has 108 valence electrons. The van der Waals surface area contributed by atoms with Crippen LogP contribution in [0, 0.1) is 12.7 Å². The molecule has 0 amide bonds. The van der Waals surface area contributed by atoms with E-state index in [2.05, 4.69) is 9.55 Å². The van der Waals surface area contributed by atoms with E-state index in [4.69, 9.17) is 5.73 Å². The number of imidazole rings is 1. The topological polar surface area (TPSA) is 47.1 Å². The van der Waals surface area contributed by atoms with Crippen molar-refractivity contribution >= 4 is 5.69 Å². The second-order valence-electron chi connectivity index (χ2n) is 4.75. The van der Waals surface area contributed by atoms with Gasteiger partial charge in [-0.2, -0.15) is 0 Å². The van der Waals surface area contributed by atoms with Gasteiger partial charge in [0.05, 0.1) is 5.69 Å². The van der Waals surface area contributed by atoms with Gasteiger partial charge in [-0.15, -0.1) is 0 Å². The summed E-state index contributed by atoms with van der Waals surface area (Å²) in [6.07, 6.45) is 4.57. The van der Waals surface area contributed by atoms with Crippen molar-refractivity contribution in [3.05, 3.63) is 48.3 Å². The van der Waals surface area contributed by atoms with Crippen LogP contribution >= 0.6 is 0 Å². The maximum atomic E-state index is 13.9. The van der Waals surface area contributed by atoms with Gasteiger partial charge in [0.2, 0.25) is 0 Å². The van der Waals surface area contributed by atoms with E-state index in [1.807, 2.05) is 30.2 Å².